The van der Waals surface area contributed by atoms with Gasteiger partial charge in [-0.15, -0.1) is 23.2 Å². The summed E-state index contributed by atoms with van der Waals surface area (Å²) in [6.07, 6.45) is 14.8. The molecule has 27 heavy (non-hydrogen) atoms. The Morgan fingerprint density at radius 2 is 1.19 bits per heavy atom. The van der Waals surface area contributed by atoms with E-state index in [1.165, 1.54) is 84.8 Å². The Kier molecular flexibility index (Phi) is 8.49. The molecule has 2 unspecified atom stereocenters. The largest absolute Gasteiger partial charge is 0.397 e. The van der Waals surface area contributed by atoms with E-state index in [9.17, 15) is 0 Å². The molecule has 4 aliphatic rings. The van der Waals surface area contributed by atoms with E-state index in [2.05, 4.69) is 26.0 Å². The van der Waals surface area contributed by atoms with Gasteiger partial charge in [0.1, 0.15) is 0 Å². The second-order valence-electron chi connectivity index (χ2n) is 8.17. The summed E-state index contributed by atoms with van der Waals surface area (Å²) in [5, 5.41) is 7.57. The smallest absolute Gasteiger partial charge is 0.0914 e. The van der Waals surface area contributed by atoms with Gasteiger partial charge in [0.2, 0.25) is 0 Å². The van der Waals surface area contributed by atoms with Crippen molar-refractivity contribution in [1.29, 1.82) is 0 Å². The summed E-state index contributed by atoms with van der Waals surface area (Å²) in [6.45, 7) is 6.41. The first-order valence-electron chi connectivity index (χ1n) is 10.2. The van der Waals surface area contributed by atoms with Crippen LogP contribution in [0.1, 0.15) is 72.1 Å². The van der Waals surface area contributed by atoms with E-state index < -0.39 is 9.52 Å². The molecule has 0 fully saturated rings. The first kappa shape index (κ1) is 23.9. The van der Waals surface area contributed by atoms with Crippen LogP contribution >= 0.6 is 23.2 Å². The van der Waals surface area contributed by atoms with Crippen LogP contribution in [0.25, 0.3) is 0 Å². The average molecular weight is 503 g/mol. The van der Waals surface area contributed by atoms with Gasteiger partial charge in [0.25, 0.3) is 0 Å². The number of allylic oxidation sites excluding steroid dienone is 8. The zero-order chi connectivity index (χ0) is 18.9. The molecule has 0 amide bonds. The first-order chi connectivity index (χ1) is 12.4. The SMILES string of the molecule is CC1=CC2=C(CCCC2)C1(Cl)[SiH2]C1(Cl)C(C)=CC2=C1CCCC2.CCO.[Zr]. The van der Waals surface area contributed by atoms with Crippen LogP contribution in [0.4, 0.5) is 0 Å². The van der Waals surface area contributed by atoms with Crippen LogP contribution in [-0.4, -0.2) is 30.2 Å². The third-order valence-electron chi connectivity index (χ3n) is 6.50. The quantitative estimate of drug-likeness (QED) is 0.380. The van der Waals surface area contributed by atoms with Crippen molar-refractivity contribution >= 4 is 32.7 Å². The van der Waals surface area contributed by atoms with Gasteiger partial charge in [0.15, 0.2) is 0 Å². The van der Waals surface area contributed by atoms with Gasteiger partial charge < -0.3 is 5.11 Å². The zero-order valence-electron chi connectivity index (χ0n) is 16.9. The summed E-state index contributed by atoms with van der Waals surface area (Å²) < 4.78 is -0.432. The van der Waals surface area contributed by atoms with Gasteiger partial charge in [0.05, 0.1) is 18.5 Å². The van der Waals surface area contributed by atoms with E-state index in [4.69, 9.17) is 28.3 Å². The van der Waals surface area contributed by atoms with Gasteiger partial charge in [-0.3, -0.25) is 0 Å². The molecule has 0 aliphatic heterocycles. The van der Waals surface area contributed by atoms with Crippen molar-refractivity contribution in [2.75, 3.05) is 6.61 Å². The van der Waals surface area contributed by atoms with Crippen molar-refractivity contribution < 1.29 is 31.3 Å². The van der Waals surface area contributed by atoms with E-state index in [-0.39, 0.29) is 41.8 Å². The number of aliphatic hydroxyl groups excluding tert-OH is 1. The van der Waals surface area contributed by atoms with Crippen molar-refractivity contribution in [2.45, 2.75) is 81.1 Å². The van der Waals surface area contributed by atoms with E-state index in [0.717, 1.165) is 0 Å². The molecular formula is C22H32Cl2OSiZr. The number of rotatable bonds is 2. The number of hydrogen-bond acceptors (Lipinski definition) is 1. The van der Waals surface area contributed by atoms with E-state index in [1.807, 2.05) is 0 Å². The Hall–Kier alpha value is 0.600. The third kappa shape index (κ3) is 4.38. The molecule has 4 aliphatic carbocycles. The fraction of sp³-hybridized carbons (Fsp3) is 0.636. The Morgan fingerprint density at radius 3 is 1.56 bits per heavy atom. The van der Waals surface area contributed by atoms with Crippen LogP contribution < -0.4 is 0 Å². The summed E-state index contributed by atoms with van der Waals surface area (Å²) in [5.41, 5.74) is 8.88. The van der Waals surface area contributed by atoms with Crippen molar-refractivity contribution in [3.63, 3.8) is 0 Å². The van der Waals surface area contributed by atoms with Gasteiger partial charge in [-0.2, -0.15) is 0 Å². The normalized spacial score (nSPS) is 32.5. The average Bonchev–Trinajstić information content (AvgIpc) is 3.01. The van der Waals surface area contributed by atoms with Crippen molar-refractivity contribution in [2.24, 2.45) is 0 Å². The summed E-state index contributed by atoms with van der Waals surface area (Å²) in [5.74, 6) is 0. The van der Waals surface area contributed by atoms with Crippen LogP contribution in [-0.2, 0) is 26.2 Å². The number of hydrogen-bond donors (Lipinski definition) is 1. The predicted octanol–water partition coefficient (Wildman–Crippen LogP) is 5.68. The van der Waals surface area contributed by atoms with Gasteiger partial charge in [-0.05, 0) is 94.4 Å². The molecule has 0 radical (unpaired) electrons. The molecule has 5 heteroatoms. The molecule has 2 atom stereocenters. The fourth-order valence-corrected chi connectivity index (χ4v) is 9.75. The molecule has 0 aromatic carbocycles. The Morgan fingerprint density at radius 1 is 0.852 bits per heavy atom. The monoisotopic (exact) mass is 500 g/mol. The minimum absolute atomic E-state index is 0. The standard InChI is InChI=1S/C20H26Cl2Si.C2H6O.Zr/c1-13-11-15-7-3-5-9-17(15)19(13,21)23-20(22)14(2)12-16-8-4-6-10-18(16)20;1-2-3;/h11-12H,3-10,23H2,1-2H3;3H,2H2,1H3;. The van der Waals surface area contributed by atoms with Gasteiger partial charge >= 0.3 is 0 Å². The zero-order valence-corrected chi connectivity index (χ0v) is 22.3. The fourth-order valence-electron chi connectivity index (χ4n) is 5.14. The Balaban J connectivity index is 0.000000614. The minimum Gasteiger partial charge on any atom is -0.397 e. The molecule has 0 heterocycles. The van der Waals surface area contributed by atoms with Gasteiger partial charge in [-0.25, -0.2) is 0 Å². The number of aliphatic hydroxyl groups is 1. The maximum absolute atomic E-state index is 7.57. The molecule has 0 aromatic heterocycles. The molecule has 0 spiro atoms. The summed E-state index contributed by atoms with van der Waals surface area (Å²) in [6, 6.07) is 0. The van der Waals surface area contributed by atoms with E-state index >= 15 is 0 Å². The molecule has 0 saturated heterocycles. The molecule has 4 rings (SSSR count). The van der Waals surface area contributed by atoms with Crippen molar-refractivity contribution in [1.82, 2.24) is 0 Å². The molecule has 148 valence electrons. The topological polar surface area (TPSA) is 20.2 Å². The van der Waals surface area contributed by atoms with Gasteiger partial charge in [-0.1, -0.05) is 23.3 Å². The number of alkyl halides is 2. The number of halogens is 2. The second kappa shape index (κ2) is 9.61. The Labute approximate surface area is 196 Å². The molecular weight excluding hydrogens is 470 g/mol. The van der Waals surface area contributed by atoms with Crippen LogP contribution in [0.15, 0.2) is 45.6 Å². The first-order valence-corrected chi connectivity index (χ1v) is 12.3. The minimum atomic E-state index is -0.776. The molecule has 1 nitrogen and oxygen atoms in total. The van der Waals surface area contributed by atoms with Gasteiger partial charge in [0, 0.05) is 32.8 Å². The third-order valence-corrected chi connectivity index (χ3v) is 11.3. The molecule has 0 aromatic rings. The van der Waals surface area contributed by atoms with Crippen LogP contribution in [0, 0.1) is 0 Å². The maximum atomic E-state index is 7.57. The molecule has 1 N–H and O–H groups in total. The Bertz CT molecular complexity index is 651. The molecule has 0 saturated carbocycles. The van der Waals surface area contributed by atoms with Crippen molar-refractivity contribution in [3.8, 4) is 0 Å². The maximum Gasteiger partial charge on any atom is 0.0914 e. The van der Waals surface area contributed by atoms with Crippen LogP contribution in [0.2, 0.25) is 0 Å². The summed E-state index contributed by atoms with van der Waals surface area (Å²) in [4.78, 5) is 0. The van der Waals surface area contributed by atoms with Crippen molar-refractivity contribution in [3.05, 3.63) is 45.6 Å². The summed E-state index contributed by atoms with van der Waals surface area (Å²) >= 11 is 14.7. The molecule has 0 bridgehead atoms. The van der Waals surface area contributed by atoms with Crippen LogP contribution in [0.5, 0.6) is 0 Å². The second-order valence-corrected chi connectivity index (χ2v) is 12.8. The summed E-state index contributed by atoms with van der Waals surface area (Å²) in [7, 11) is -0.776. The van der Waals surface area contributed by atoms with E-state index in [1.54, 1.807) is 6.92 Å². The van der Waals surface area contributed by atoms with E-state index in [0.29, 0.717) is 0 Å². The van der Waals surface area contributed by atoms with Crippen LogP contribution in [0.3, 0.4) is 0 Å². The predicted molar refractivity (Wildman–Crippen MR) is 117 cm³/mol.